The number of likely N-dealkylation sites (tertiary alicyclic amines) is 1. The third-order valence-corrected chi connectivity index (χ3v) is 11.0. The third kappa shape index (κ3) is 6.10. The van der Waals surface area contributed by atoms with Crippen LogP contribution in [0.25, 0.3) is 11.0 Å². The molecule has 3 aliphatic heterocycles. The molecular weight excluding hydrogens is 660 g/mol. The fourth-order valence-corrected chi connectivity index (χ4v) is 8.35. The van der Waals surface area contributed by atoms with Crippen molar-refractivity contribution in [3.05, 3.63) is 53.1 Å². The molecule has 2 N–H and O–H groups in total. The fraction of sp³-hybridized carbons (Fsp3) is 0.419. The molecule has 2 fully saturated rings. The molecule has 236 valence electrons. The molecule has 11 nitrogen and oxygen atoms in total. The molecule has 7 rings (SSSR count). The number of benzene rings is 2. The predicted octanol–water partition coefficient (Wildman–Crippen LogP) is 5.03. The van der Waals surface area contributed by atoms with E-state index in [0.717, 1.165) is 32.7 Å². The van der Waals surface area contributed by atoms with Crippen molar-refractivity contribution in [1.82, 2.24) is 29.7 Å². The molecule has 0 bridgehead atoms. The second-order valence-electron chi connectivity index (χ2n) is 12.4. The quantitative estimate of drug-likeness (QED) is 0.265. The van der Waals surface area contributed by atoms with Crippen LogP contribution in [0.3, 0.4) is 0 Å². The number of piperidine rings is 1. The Morgan fingerprint density at radius 3 is 2.62 bits per heavy atom. The van der Waals surface area contributed by atoms with E-state index < -0.39 is 7.14 Å². The molecule has 0 unspecified atom stereocenters. The number of hydrogen-bond acceptors (Lipinski definition) is 11. The van der Waals surface area contributed by atoms with Gasteiger partial charge in [-0.1, -0.05) is 0 Å². The summed E-state index contributed by atoms with van der Waals surface area (Å²) in [6.07, 6.45) is 7.16. The van der Waals surface area contributed by atoms with Gasteiger partial charge in [-0.2, -0.15) is 4.98 Å². The van der Waals surface area contributed by atoms with Crippen molar-refractivity contribution in [2.24, 2.45) is 0 Å². The molecule has 2 saturated heterocycles. The van der Waals surface area contributed by atoms with Crippen molar-refractivity contribution in [3.63, 3.8) is 0 Å². The van der Waals surface area contributed by atoms with E-state index in [4.69, 9.17) is 4.74 Å². The average molecular weight is 697 g/mol. The second-order valence-corrected chi connectivity index (χ2v) is 16.4. The van der Waals surface area contributed by atoms with E-state index in [0.29, 0.717) is 62.1 Å². The van der Waals surface area contributed by atoms with Gasteiger partial charge < -0.3 is 29.7 Å². The van der Waals surface area contributed by atoms with Crippen LogP contribution in [0.15, 0.2) is 47.3 Å². The van der Waals surface area contributed by atoms with Crippen LogP contribution in [0.2, 0.25) is 0 Å². The Morgan fingerprint density at radius 2 is 1.82 bits per heavy atom. The molecule has 2 aromatic carbocycles. The lowest BCUT2D eigenvalue weighted by atomic mass is 10.00. The number of piperazine rings is 1. The van der Waals surface area contributed by atoms with Crippen LogP contribution in [-0.4, -0.2) is 102 Å². The molecule has 45 heavy (non-hydrogen) atoms. The largest absolute Gasteiger partial charge is 0.489 e. The van der Waals surface area contributed by atoms with Gasteiger partial charge in [0.2, 0.25) is 5.95 Å². The number of anilines is 5. The number of ether oxygens (including phenoxy) is 1. The number of aromatic nitrogens is 4. The summed E-state index contributed by atoms with van der Waals surface area (Å²) in [5.41, 5.74) is 2.86. The molecule has 0 amide bonds. The molecule has 2 aromatic heterocycles. The van der Waals surface area contributed by atoms with E-state index in [1.807, 2.05) is 12.1 Å². The Hall–Kier alpha value is -3.38. The Labute approximate surface area is 270 Å². The molecular formula is C31H36BrFN9O2P. The van der Waals surface area contributed by atoms with Crippen LogP contribution in [0, 0.1) is 5.82 Å². The van der Waals surface area contributed by atoms with Crippen LogP contribution < -0.4 is 25.6 Å². The maximum Gasteiger partial charge on any atom is 0.229 e. The van der Waals surface area contributed by atoms with E-state index in [9.17, 15) is 4.57 Å². The SMILES string of the molecule is CN1CCC(N2CCN3c4c(F)cc(Nc5ncc(Br)c(Nc6ccc7nccnc7c6P(C)(C)=O)n5)cc4OC[C@H]3C2)CC1. The average Bonchev–Trinajstić information content (AvgIpc) is 3.02. The highest BCUT2D eigenvalue weighted by Gasteiger charge is 2.37. The summed E-state index contributed by atoms with van der Waals surface area (Å²) in [6.45, 7) is 8.74. The van der Waals surface area contributed by atoms with Crippen molar-refractivity contribution in [2.45, 2.75) is 24.9 Å². The zero-order valence-corrected chi connectivity index (χ0v) is 28.0. The van der Waals surface area contributed by atoms with Crippen LogP contribution in [0.5, 0.6) is 5.75 Å². The summed E-state index contributed by atoms with van der Waals surface area (Å²) >= 11 is 3.52. The van der Waals surface area contributed by atoms with Gasteiger partial charge in [0.25, 0.3) is 0 Å². The van der Waals surface area contributed by atoms with E-state index >= 15 is 4.39 Å². The molecule has 14 heteroatoms. The Kier molecular flexibility index (Phi) is 8.14. The Morgan fingerprint density at radius 1 is 1.02 bits per heavy atom. The minimum atomic E-state index is -2.76. The van der Waals surface area contributed by atoms with Crippen molar-refractivity contribution >= 4 is 68.2 Å². The van der Waals surface area contributed by atoms with Gasteiger partial charge in [0, 0.05) is 56.0 Å². The highest BCUT2D eigenvalue weighted by atomic mass is 79.9. The lowest BCUT2D eigenvalue weighted by Crippen LogP contribution is -2.60. The van der Waals surface area contributed by atoms with Gasteiger partial charge in [-0.25, -0.2) is 9.37 Å². The van der Waals surface area contributed by atoms with Gasteiger partial charge >= 0.3 is 0 Å². The summed E-state index contributed by atoms with van der Waals surface area (Å²) in [5, 5.41) is 7.03. The number of nitrogens with zero attached hydrogens (tertiary/aromatic N) is 7. The number of rotatable bonds is 6. The Bertz CT molecular complexity index is 1800. The first-order valence-electron chi connectivity index (χ1n) is 15.2. The normalized spacial score (nSPS) is 19.6. The first kappa shape index (κ1) is 30.3. The number of fused-ring (bicyclic) bond motifs is 4. The summed E-state index contributed by atoms with van der Waals surface area (Å²) in [4.78, 5) is 25.0. The highest BCUT2D eigenvalue weighted by molar-refractivity contribution is 9.10. The summed E-state index contributed by atoms with van der Waals surface area (Å²) in [7, 11) is -0.583. The van der Waals surface area contributed by atoms with Gasteiger partial charge in [-0.3, -0.25) is 14.9 Å². The maximum absolute atomic E-state index is 15.7. The molecule has 0 spiro atoms. The first-order chi connectivity index (χ1) is 21.6. The zero-order valence-electron chi connectivity index (χ0n) is 25.5. The molecule has 1 atom stereocenters. The van der Waals surface area contributed by atoms with E-state index in [2.05, 4.69) is 68.2 Å². The number of halogens is 2. The topological polar surface area (TPSA) is 112 Å². The van der Waals surface area contributed by atoms with Crippen LogP contribution in [0.1, 0.15) is 12.8 Å². The lowest BCUT2D eigenvalue weighted by Gasteiger charge is -2.48. The molecule has 4 aromatic rings. The zero-order chi connectivity index (χ0) is 31.3. The van der Waals surface area contributed by atoms with Gasteiger partial charge in [0.1, 0.15) is 36.5 Å². The molecule has 5 heterocycles. The summed E-state index contributed by atoms with van der Waals surface area (Å²) in [5.74, 6) is 0.885. The van der Waals surface area contributed by atoms with E-state index in [1.165, 1.54) is 18.9 Å². The smallest absolute Gasteiger partial charge is 0.229 e. The lowest BCUT2D eigenvalue weighted by molar-refractivity contribution is 0.0863. The number of hydrogen-bond donors (Lipinski definition) is 2. The van der Waals surface area contributed by atoms with Gasteiger partial charge in [-0.05, 0) is 80.4 Å². The van der Waals surface area contributed by atoms with Gasteiger partial charge in [-0.15, -0.1) is 0 Å². The molecule has 0 saturated carbocycles. The van der Waals surface area contributed by atoms with Crippen molar-refractivity contribution in [1.29, 1.82) is 0 Å². The maximum atomic E-state index is 15.7. The van der Waals surface area contributed by atoms with Crippen molar-refractivity contribution < 1.29 is 13.7 Å². The standard InChI is InChI=1S/C31H36BrFN9O2P/c1-40-10-6-20(7-11-40)41-12-13-42-21(17-41)18-44-26-15-19(14-23(33)28(26)42)37-31-36-16-22(32)30(39-31)38-25-5-4-24-27(35-9-8-34-24)29(25)45(2,3)43/h4-5,8-9,14-16,20-21H,6-7,10-13,17-18H2,1-3H3,(H2,36,37,38,39)/t21-/m1/s1. The van der Waals surface area contributed by atoms with Crippen molar-refractivity contribution in [3.8, 4) is 5.75 Å². The van der Waals surface area contributed by atoms with Gasteiger partial charge in [0.15, 0.2) is 5.82 Å². The molecule has 3 aliphatic rings. The van der Waals surface area contributed by atoms with Crippen LogP contribution in [0.4, 0.5) is 33.2 Å². The second kappa shape index (κ2) is 12.1. The van der Waals surface area contributed by atoms with Gasteiger partial charge in [0.05, 0.1) is 27.0 Å². The third-order valence-electron chi connectivity index (χ3n) is 8.87. The highest BCUT2D eigenvalue weighted by Crippen LogP contribution is 2.42. The molecule has 0 aliphatic carbocycles. The van der Waals surface area contributed by atoms with E-state index in [1.54, 1.807) is 38.0 Å². The molecule has 0 radical (unpaired) electrons. The van der Waals surface area contributed by atoms with Crippen molar-refractivity contribution in [2.75, 3.05) is 75.2 Å². The summed E-state index contributed by atoms with van der Waals surface area (Å²) in [6, 6.07) is 7.63. The van der Waals surface area contributed by atoms with E-state index in [-0.39, 0.29) is 17.8 Å². The minimum absolute atomic E-state index is 0.121. The monoisotopic (exact) mass is 695 g/mol. The van der Waals surface area contributed by atoms with Crippen LogP contribution in [-0.2, 0) is 4.57 Å². The summed E-state index contributed by atoms with van der Waals surface area (Å²) < 4.78 is 35.8. The van der Waals surface area contributed by atoms with Crippen LogP contribution >= 0.6 is 23.1 Å². The first-order valence-corrected chi connectivity index (χ1v) is 18.5. The predicted molar refractivity (Wildman–Crippen MR) is 180 cm³/mol. The fourth-order valence-electron chi connectivity index (χ4n) is 6.67. The minimum Gasteiger partial charge on any atom is -0.489 e. The Balaban J connectivity index is 1.10. The number of nitrogens with one attached hydrogen (secondary N) is 2.